The van der Waals surface area contributed by atoms with Crippen LogP contribution in [0.2, 0.25) is 0 Å². The van der Waals surface area contributed by atoms with E-state index < -0.39 is 23.4 Å². The van der Waals surface area contributed by atoms with E-state index in [1.165, 1.54) is 12.2 Å². The molecule has 1 atom stereocenters. The maximum absolute atomic E-state index is 13.8. The third-order valence-electron chi connectivity index (χ3n) is 7.33. The van der Waals surface area contributed by atoms with E-state index in [0.717, 1.165) is 47.1 Å². The Morgan fingerprint density at radius 3 is 2.40 bits per heavy atom. The first-order valence-electron chi connectivity index (χ1n) is 15.9. The van der Waals surface area contributed by atoms with Gasteiger partial charge in [-0.25, -0.2) is 4.79 Å². The van der Waals surface area contributed by atoms with Crippen molar-refractivity contribution in [1.29, 1.82) is 0 Å². The standard InChI is InChI=1S/C32H37N5O6.C4H10O.3H2/c1-22(26-10-5-8-23-7-3-4-9-27(23)26)33-32(41)28-21-25(36-17-6-18-37(42)20-19-36)13-11-24(28)12-14-29(38)34-35-30(39)15-16-31(40)43-2;1-4(2,3)5;;;/h3-5,7-11,13,15-16,21-22,42H,6,12,14,17-20H2,1-2H3,(H,33,41)(H,34,38)(H,35,39);5H,1-3H3;3*1H/b16-15+;;;;/t22-;;;;/m1..../s1. The fraction of sp³-hybridized carbons (Fsp3) is 0.389. The Kier molecular flexibility index (Phi) is 14.1. The van der Waals surface area contributed by atoms with Crippen molar-refractivity contribution in [2.75, 3.05) is 38.2 Å². The number of nitrogens with one attached hydrogen (secondary N) is 3. The number of amides is 3. The SMILES string of the molecule is CC(C)(C)O.COC(=O)/C=C/C(=O)NNC(=O)CCc1ccc(N2CCCN(O)CC2)cc1C(=O)N[C@H](C)c1cccc2ccccc12.[HH].[HH].[HH]. The largest absolute Gasteiger partial charge is 0.466 e. The Morgan fingerprint density at radius 1 is 0.958 bits per heavy atom. The molecule has 1 aliphatic rings. The highest BCUT2D eigenvalue weighted by Crippen LogP contribution is 2.26. The minimum absolute atomic E-state index is 0. The third kappa shape index (κ3) is 12.4. The van der Waals surface area contributed by atoms with Crippen LogP contribution in [0.5, 0.6) is 0 Å². The second kappa shape index (κ2) is 17.9. The number of anilines is 1. The van der Waals surface area contributed by atoms with Crippen LogP contribution in [0.15, 0.2) is 72.8 Å². The molecule has 1 saturated heterocycles. The lowest BCUT2D eigenvalue weighted by atomic mass is 9.98. The van der Waals surface area contributed by atoms with E-state index in [9.17, 15) is 24.4 Å². The lowest BCUT2D eigenvalue weighted by Crippen LogP contribution is -2.41. The average molecular weight is 668 g/mol. The summed E-state index contributed by atoms with van der Waals surface area (Å²) in [6.45, 7) is 9.58. The van der Waals surface area contributed by atoms with Crippen LogP contribution in [0.25, 0.3) is 10.8 Å². The van der Waals surface area contributed by atoms with Crippen LogP contribution < -0.4 is 21.1 Å². The predicted molar refractivity (Wildman–Crippen MR) is 191 cm³/mol. The Balaban J connectivity index is 0.00000292. The van der Waals surface area contributed by atoms with Crippen molar-refractivity contribution in [3.63, 3.8) is 0 Å². The summed E-state index contributed by atoms with van der Waals surface area (Å²) in [6.07, 6.45) is 2.91. The van der Waals surface area contributed by atoms with Gasteiger partial charge in [0.2, 0.25) is 5.91 Å². The van der Waals surface area contributed by atoms with Crippen molar-refractivity contribution in [3.05, 3.63) is 89.5 Å². The number of hydrogen-bond donors (Lipinski definition) is 5. The number of hydroxylamine groups is 2. The molecule has 3 amide bonds. The molecule has 3 aromatic rings. The van der Waals surface area contributed by atoms with Gasteiger partial charge in [0.15, 0.2) is 0 Å². The highest BCUT2D eigenvalue weighted by Gasteiger charge is 2.20. The van der Waals surface area contributed by atoms with Gasteiger partial charge < -0.3 is 25.3 Å². The minimum Gasteiger partial charge on any atom is -0.466 e. The summed E-state index contributed by atoms with van der Waals surface area (Å²) in [5.41, 5.74) is 7.00. The number of aliphatic hydroxyl groups is 1. The van der Waals surface area contributed by atoms with Crippen LogP contribution in [0.4, 0.5) is 5.69 Å². The van der Waals surface area contributed by atoms with Gasteiger partial charge in [0.1, 0.15) is 0 Å². The van der Waals surface area contributed by atoms with Crippen molar-refractivity contribution in [1.82, 2.24) is 21.2 Å². The molecule has 5 N–H and O–H groups in total. The number of hydrazine groups is 1. The van der Waals surface area contributed by atoms with Gasteiger partial charge in [0, 0.05) is 60.3 Å². The lowest BCUT2D eigenvalue weighted by Gasteiger charge is -2.24. The number of aryl methyl sites for hydroxylation is 1. The first-order valence-corrected chi connectivity index (χ1v) is 15.9. The second-order valence-corrected chi connectivity index (χ2v) is 12.5. The molecule has 0 radical (unpaired) electrons. The van der Waals surface area contributed by atoms with Crippen molar-refractivity contribution in [2.24, 2.45) is 0 Å². The zero-order chi connectivity index (χ0) is 35.3. The van der Waals surface area contributed by atoms with Gasteiger partial charge in [-0.1, -0.05) is 48.5 Å². The molecule has 0 spiro atoms. The van der Waals surface area contributed by atoms with E-state index in [1.54, 1.807) is 20.8 Å². The third-order valence-corrected chi connectivity index (χ3v) is 7.33. The van der Waals surface area contributed by atoms with Crippen LogP contribution in [0.1, 0.15) is 72.3 Å². The molecule has 0 aliphatic carbocycles. The number of hydrogen-bond acceptors (Lipinski definition) is 9. The maximum atomic E-state index is 13.8. The van der Waals surface area contributed by atoms with E-state index in [-0.39, 0.29) is 29.1 Å². The quantitative estimate of drug-likeness (QED) is 0.125. The molecule has 264 valence electrons. The molecule has 3 aromatic carbocycles. The summed E-state index contributed by atoms with van der Waals surface area (Å²) in [5.74, 6) is -2.11. The van der Waals surface area contributed by atoms with Crippen molar-refractivity contribution in [2.45, 2.75) is 58.6 Å². The van der Waals surface area contributed by atoms with Crippen LogP contribution in [-0.4, -0.2) is 78.0 Å². The Hall–Kier alpha value is -4.78. The smallest absolute Gasteiger partial charge is 0.330 e. The number of methoxy groups -OCH3 is 1. The summed E-state index contributed by atoms with van der Waals surface area (Å²) in [4.78, 5) is 51.4. The van der Waals surface area contributed by atoms with Gasteiger partial charge in [-0.2, -0.15) is 5.06 Å². The topological polar surface area (TPSA) is 161 Å². The summed E-state index contributed by atoms with van der Waals surface area (Å²) >= 11 is 0. The zero-order valence-corrected chi connectivity index (χ0v) is 28.3. The fourth-order valence-electron chi connectivity index (χ4n) is 5.03. The number of carbonyl (C=O) groups is 4. The summed E-state index contributed by atoms with van der Waals surface area (Å²) in [6, 6.07) is 19.3. The molecule has 1 heterocycles. The van der Waals surface area contributed by atoms with Crippen LogP contribution in [0, 0.1) is 0 Å². The molecule has 48 heavy (non-hydrogen) atoms. The Bertz CT molecular complexity index is 1610. The van der Waals surface area contributed by atoms with Gasteiger partial charge in [-0.15, -0.1) is 0 Å². The summed E-state index contributed by atoms with van der Waals surface area (Å²) < 4.78 is 4.43. The molecule has 12 nitrogen and oxygen atoms in total. The van der Waals surface area contributed by atoms with Crippen molar-refractivity contribution < 1.29 is 38.5 Å². The first-order chi connectivity index (χ1) is 22.7. The molecule has 4 rings (SSSR count). The van der Waals surface area contributed by atoms with Crippen molar-refractivity contribution >= 4 is 40.2 Å². The van der Waals surface area contributed by atoms with Gasteiger partial charge in [-0.3, -0.25) is 25.2 Å². The molecule has 1 aliphatic heterocycles. The molecule has 0 saturated carbocycles. The zero-order valence-electron chi connectivity index (χ0n) is 28.3. The number of benzene rings is 3. The number of nitrogens with zero attached hydrogens (tertiary/aromatic N) is 2. The number of ether oxygens (including phenoxy) is 1. The molecule has 0 aromatic heterocycles. The van der Waals surface area contributed by atoms with Gasteiger partial charge in [0.25, 0.3) is 11.8 Å². The molecule has 12 heteroatoms. The van der Waals surface area contributed by atoms with Gasteiger partial charge in [-0.05, 0) is 74.6 Å². The number of rotatable bonds is 9. The monoisotopic (exact) mass is 667 g/mol. The predicted octanol–water partition coefficient (Wildman–Crippen LogP) is 4.56. The highest BCUT2D eigenvalue weighted by molar-refractivity contribution is 5.98. The first kappa shape index (κ1) is 37.7. The van der Waals surface area contributed by atoms with Gasteiger partial charge in [0.05, 0.1) is 18.8 Å². The minimum atomic E-state index is -0.695. The average Bonchev–Trinajstić information content (AvgIpc) is 3.28. The maximum Gasteiger partial charge on any atom is 0.330 e. The fourth-order valence-corrected chi connectivity index (χ4v) is 5.03. The van der Waals surface area contributed by atoms with Crippen LogP contribution >= 0.6 is 0 Å². The number of fused-ring (bicyclic) bond motifs is 1. The van der Waals surface area contributed by atoms with Gasteiger partial charge >= 0.3 is 5.97 Å². The van der Waals surface area contributed by atoms with E-state index in [2.05, 4.69) is 25.8 Å². The second-order valence-electron chi connectivity index (χ2n) is 12.5. The van der Waals surface area contributed by atoms with Crippen LogP contribution in [0.3, 0.4) is 0 Å². The van der Waals surface area contributed by atoms with Crippen molar-refractivity contribution in [3.8, 4) is 0 Å². The van der Waals surface area contributed by atoms with Crippen LogP contribution in [-0.2, 0) is 25.5 Å². The summed E-state index contributed by atoms with van der Waals surface area (Å²) in [5, 5.41) is 25.1. The van der Waals surface area contributed by atoms with E-state index in [4.69, 9.17) is 5.11 Å². The molecule has 1 fully saturated rings. The molecular weight excluding hydrogens is 614 g/mol. The molecular formula is C36H53N5O7. The van der Waals surface area contributed by atoms with E-state index in [0.29, 0.717) is 30.8 Å². The molecule has 0 unspecified atom stereocenters. The summed E-state index contributed by atoms with van der Waals surface area (Å²) in [7, 11) is 1.19. The lowest BCUT2D eigenvalue weighted by molar-refractivity contribution is -0.135. The normalized spacial score (nSPS) is 14.4. The van der Waals surface area contributed by atoms with E-state index >= 15 is 0 Å². The number of carbonyl (C=O) groups excluding carboxylic acids is 4. The Labute approximate surface area is 286 Å². The number of esters is 1. The highest BCUT2D eigenvalue weighted by atomic mass is 16.5. The van der Waals surface area contributed by atoms with E-state index in [1.807, 2.05) is 67.6 Å². The molecule has 0 bridgehead atoms. The Morgan fingerprint density at radius 2 is 1.67 bits per heavy atom.